The molecular formula is C18H22N2O. The van der Waals surface area contributed by atoms with Crippen LogP contribution < -0.4 is 0 Å². The van der Waals surface area contributed by atoms with Crippen molar-refractivity contribution in [3.8, 4) is 0 Å². The maximum Gasteiger partial charge on any atom is 0.102 e. The zero-order valence-corrected chi connectivity index (χ0v) is 12.5. The van der Waals surface area contributed by atoms with E-state index in [9.17, 15) is 0 Å². The number of benzene rings is 1. The van der Waals surface area contributed by atoms with Crippen LogP contribution in [0.1, 0.15) is 37.1 Å². The molecule has 2 bridgehead atoms. The van der Waals surface area contributed by atoms with Crippen LogP contribution in [-0.4, -0.2) is 15.7 Å². The monoisotopic (exact) mass is 282 g/mol. The van der Waals surface area contributed by atoms with Gasteiger partial charge < -0.3 is 4.57 Å². The third kappa shape index (κ3) is 2.21. The molecule has 3 atom stereocenters. The molecule has 3 heterocycles. The lowest BCUT2D eigenvalue weighted by Crippen LogP contribution is -2.32. The Bertz CT molecular complexity index is 607. The second-order valence-corrected chi connectivity index (χ2v) is 6.19. The summed E-state index contributed by atoms with van der Waals surface area (Å²) in [6.45, 7) is 4.14. The Hall–Kier alpha value is -1.58. The molecule has 110 valence electrons. The third-order valence-electron chi connectivity index (χ3n) is 4.81. The van der Waals surface area contributed by atoms with Crippen LogP contribution >= 0.6 is 0 Å². The molecule has 2 aromatic rings. The Morgan fingerprint density at radius 3 is 2.81 bits per heavy atom. The quantitative estimate of drug-likeness (QED) is 0.849. The van der Waals surface area contributed by atoms with Gasteiger partial charge in [0.15, 0.2) is 0 Å². The zero-order valence-electron chi connectivity index (χ0n) is 12.5. The minimum absolute atomic E-state index is 0.332. The molecular weight excluding hydrogens is 260 g/mol. The van der Waals surface area contributed by atoms with Gasteiger partial charge in [-0.2, -0.15) is 5.06 Å². The standard InChI is InChI=1S/C18H22N2O/c1-2-7-15-17-13-19-11-6-10-16(19)18(15)20(21-17)12-14-8-4-3-5-9-14/h3-6,8-11,15,17-18H,2,7,12-13H2,1H3/t15-,17+,18+/m1/s1. The van der Waals surface area contributed by atoms with E-state index >= 15 is 0 Å². The summed E-state index contributed by atoms with van der Waals surface area (Å²) in [6.07, 6.45) is 4.98. The number of nitrogens with zero attached hydrogens (tertiary/aromatic N) is 2. The molecule has 0 saturated carbocycles. The highest BCUT2D eigenvalue weighted by molar-refractivity contribution is 5.20. The first-order valence-corrected chi connectivity index (χ1v) is 7.99. The van der Waals surface area contributed by atoms with Gasteiger partial charge in [0.05, 0.1) is 12.6 Å². The van der Waals surface area contributed by atoms with Gasteiger partial charge in [-0.15, -0.1) is 0 Å². The number of aromatic nitrogens is 1. The van der Waals surface area contributed by atoms with Gasteiger partial charge in [-0.25, -0.2) is 0 Å². The van der Waals surface area contributed by atoms with Gasteiger partial charge in [0.2, 0.25) is 0 Å². The molecule has 1 fully saturated rings. The molecule has 4 rings (SSSR count). The van der Waals surface area contributed by atoms with Crippen LogP contribution in [0.5, 0.6) is 0 Å². The van der Waals surface area contributed by atoms with Crippen LogP contribution in [0.25, 0.3) is 0 Å². The van der Waals surface area contributed by atoms with E-state index in [1.165, 1.54) is 24.1 Å². The van der Waals surface area contributed by atoms with Crippen LogP contribution in [0.3, 0.4) is 0 Å². The Morgan fingerprint density at radius 2 is 2.00 bits per heavy atom. The lowest BCUT2D eigenvalue weighted by atomic mass is 9.86. The van der Waals surface area contributed by atoms with Gasteiger partial charge in [0, 0.05) is 24.4 Å². The van der Waals surface area contributed by atoms with Crippen molar-refractivity contribution in [3.05, 3.63) is 59.9 Å². The van der Waals surface area contributed by atoms with E-state index in [1.807, 2.05) is 0 Å². The third-order valence-corrected chi connectivity index (χ3v) is 4.81. The second-order valence-electron chi connectivity index (χ2n) is 6.19. The number of hydrogen-bond donors (Lipinski definition) is 0. The van der Waals surface area contributed by atoms with E-state index in [2.05, 4.69) is 65.2 Å². The molecule has 2 aliphatic rings. The molecule has 0 aliphatic carbocycles. The first-order valence-electron chi connectivity index (χ1n) is 7.99. The summed E-state index contributed by atoms with van der Waals surface area (Å²) >= 11 is 0. The van der Waals surface area contributed by atoms with Gasteiger partial charge in [0.25, 0.3) is 0 Å². The minimum Gasteiger partial charge on any atom is -0.347 e. The number of hydroxylamine groups is 2. The van der Waals surface area contributed by atoms with E-state index in [1.54, 1.807) is 0 Å². The largest absolute Gasteiger partial charge is 0.347 e. The van der Waals surface area contributed by atoms with E-state index in [4.69, 9.17) is 4.84 Å². The summed E-state index contributed by atoms with van der Waals surface area (Å²) < 4.78 is 2.37. The topological polar surface area (TPSA) is 17.4 Å². The van der Waals surface area contributed by atoms with Crippen LogP contribution in [0.15, 0.2) is 48.7 Å². The Kier molecular flexibility index (Phi) is 3.32. The normalized spacial score (nSPS) is 27.8. The molecule has 3 nitrogen and oxygen atoms in total. The predicted molar refractivity (Wildman–Crippen MR) is 82.4 cm³/mol. The van der Waals surface area contributed by atoms with E-state index < -0.39 is 0 Å². The van der Waals surface area contributed by atoms with Crippen molar-refractivity contribution in [1.29, 1.82) is 0 Å². The molecule has 0 unspecified atom stereocenters. The fourth-order valence-corrected chi connectivity index (χ4v) is 3.90. The molecule has 2 aliphatic heterocycles. The molecule has 21 heavy (non-hydrogen) atoms. The lowest BCUT2D eigenvalue weighted by molar-refractivity contribution is -0.167. The second kappa shape index (κ2) is 5.32. The molecule has 0 N–H and O–H groups in total. The lowest BCUT2D eigenvalue weighted by Gasteiger charge is -2.30. The average Bonchev–Trinajstić information content (AvgIpc) is 3.04. The summed E-state index contributed by atoms with van der Waals surface area (Å²) in [5.41, 5.74) is 2.73. The maximum atomic E-state index is 6.31. The van der Waals surface area contributed by atoms with Crippen LogP contribution in [0.4, 0.5) is 0 Å². The summed E-state index contributed by atoms with van der Waals surface area (Å²) in [5.74, 6) is 0.626. The molecule has 3 heteroatoms. The van der Waals surface area contributed by atoms with E-state index in [0.29, 0.717) is 18.1 Å². The summed E-state index contributed by atoms with van der Waals surface area (Å²) in [5, 5.41) is 2.22. The fourth-order valence-electron chi connectivity index (χ4n) is 3.90. The number of fused-ring (bicyclic) bond motifs is 4. The first kappa shape index (κ1) is 13.1. The van der Waals surface area contributed by atoms with Crippen molar-refractivity contribution >= 4 is 0 Å². The van der Waals surface area contributed by atoms with Crippen molar-refractivity contribution in [2.45, 2.75) is 45.0 Å². The zero-order chi connectivity index (χ0) is 14.2. The summed E-state index contributed by atoms with van der Waals surface area (Å²) in [4.78, 5) is 6.31. The molecule has 1 saturated heterocycles. The Balaban J connectivity index is 1.64. The summed E-state index contributed by atoms with van der Waals surface area (Å²) in [6, 6.07) is 15.5. The number of hydrogen-bond acceptors (Lipinski definition) is 2. The molecule has 0 spiro atoms. The van der Waals surface area contributed by atoms with Gasteiger partial charge in [-0.1, -0.05) is 43.7 Å². The van der Waals surface area contributed by atoms with Crippen molar-refractivity contribution in [3.63, 3.8) is 0 Å². The van der Waals surface area contributed by atoms with Gasteiger partial charge in [-0.3, -0.25) is 4.84 Å². The smallest absolute Gasteiger partial charge is 0.102 e. The van der Waals surface area contributed by atoms with Crippen molar-refractivity contribution in [2.75, 3.05) is 0 Å². The van der Waals surface area contributed by atoms with Crippen molar-refractivity contribution < 1.29 is 4.84 Å². The van der Waals surface area contributed by atoms with E-state index in [-0.39, 0.29) is 0 Å². The van der Waals surface area contributed by atoms with Crippen LogP contribution in [-0.2, 0) is 17.9 Å². The molecule has 1 aromatic carbocycles. The van der Waals surface area contributed by atoms with Gasteiger partial charge >= 0.3 is 0 Å². The molecule has 0 radical (unpaired) electrons. The predicted octanol–water partition coefficient (Wildman–Crippen LogP) is 3.78. The Labute approximate surface area is 126 Å². The fraction of sp³-hybridized carbons (Fsp3) is 0.444. The molecule has 0 amide bonds. The highest BCUT2D eigenvalue weighted by Crippen LogP contribution is 2.46. The van der Waals surface area contributed by atoms with Crippen LogP contribution in [0, 0.1) is 5.92 Å². The van der Waals surface area contributed by atoms with Crippen LogP contribution in [0.2, 0.25) is 0 Å². The average molecular weight is 282 g/mol. The maximum absolute atomic E-state index is 6.31. The summed E-state index contributed by atoms with van der Waals surface area (Å²) in [7, 11) is 0. The SMILES string of the molecule is CCC[C@@H]1[C@@H]2Cn3cccc3[C@H]1N(Cc1ccccc1)O2. The highest BCUT2D eigenvalue weighted by atomic mass is 16.7. The first-order chi connectivity index (χ1) is 10.4. The highest BCUT2D eigenvalue weighted by Gasteiger charge is 2.47. The number of rotatable bonds is 4. The minimum atomic E-state index is 0.332. The van der Waals surface area contributed by atoms with Gasteiger partial charge in [0.1, 0.15) is 6.10 Å². The Morgan fingerprint density at radius 1 is 1.14 bits per heavy atom. The van der Waals surface area contributed by atoms with Crippen molar-refractivity contribution in [2.24, 2.45) is 5.92 Å². The van der Waals surface area contributed by atoms with E-state index in [0.717, 1.165) is 13.1 Å². The van der Waals surface area contributed by atoms with Gasteiger partial charge in [-0.05, 0) is 24.1 Å². The molecule has 1 aromatic heterocycles. The van der Waals surface area contributed by atoms with Crippen molar-refractivity contribution in [1.82, 2.24) is 9.63 Å².